The van der Waals surface area contributed by atoms with Crippen molar-refractivity contribution >= 4 is 11.3 Å². The largest absolute Gasteiger partial charge is 0.383 e. The van der Waals surface area contributed by atoms with Gasteiger partial charge in [-0.2, -0.15) is 5.26 Å². The summed E-state index contributed by atoms with van der Waals surface area (Å²) in [7, 11) is 0. The molecule has 3 heteroatoms. The Kier molecular flexibility index (Phi) is 2.59. The molecule has 96 valence electrons. The highest BCUT2D eigenvalue weighted by molar-refractivity contribution is 7.12. The molecule has 0 aliphatic heterocycles. The first-order chi connectivity index (χ1) is 8.49. The molecule has 1 N–H and O–H groups in total. The monoisotopic (exact) mass is 261 g/mol. The molecule has 0 aromatic carbocycles. The quantitative estimate of drug-likeness (QED) is 0.884. The van der Waals surface area contributed by atoms with Crippen molar-refractivity contribution in [2.75, 3.05) is 0 Å². The molecule has 0 amide bonds. The highest BCUT2D eigenvalue weighted by Crippen LogP contribution is 2.63. The van der Waals surface area contributed by atoms with Crippen LogP contribution in [0.15, 0.2) is 12.1 Å². The Labute approximate surface area is 112 Å². The summed E-state index contributed by atoms with van der Waals surface area (Å²) in [5, 5.41) is 20.8. The van der Waals surface area contributed by atoms with Crippen molar-refractivity contribution in [3.63, 3.8) is 0 Å². The number of rotatable bonds is 2. The highest BCUT2D eigenvalue weighted by Gasteiger charge is 2.61. The SMILES string of the molecule is Cc1ccc(C(C)(O)C2(C#N)CC3CCC2C3)s1. The van der Waals surface area contributed by atoms with Crippen molar-refractivity contribution in [1.29, 1.82) is 5.26 Å². The van der Waals surface area contributed by atoms with E-state index in [9.17, 15) is 10.4 Å². The number of thiophene rings is 1. The second-order valence-corrected chi connectivity index (χ2v) is 7.43. The van der Waals surface area contributed by atoms with Crippen molar-refractivity contribution in [3.8, 4) is 6.07 Å². The molecule has 2 bridgehead atoms. The molecule has 0 radical (unpaired) electrons. The Morgan fingerprint density at radius 2 is 2.28 bits per heavy atom. The second kappa shape index (κ2) is 3.82. The average molecular weight is 261 g/mol. The van der Waals surface area contributed by atoms with Crippen LogP contribution < -0.4 is 0 Å². The Morgan fingerprint density at radius 1 is 1.50 bits per heavy atom. The van der Waals surface area contributed by atoms with Crippen LogP contribution in [0, 0.1) is 35.5 Å². The van der Waals surface area contributed by atoms with Gasteiger partial charge in [0.25, 0.3) is 0 Å². The van der Waals surface area contributed by atoms with Crippen LogP contribution >= 0.6 is 11.3 Å². The summed E-state index contributed by atoms with van der Waals surface area (Å²) < 4.78 is 0. The zero-order valence-corrected chi connectivity index (χ0v) is 11.8. The van der Waals surface area contributed by atoms with Gasteiger partial charge in [0.1, 0.15) is 5.60 Å². The van der Waals surface area contributed by atoms with Gasteiger partial charge in [0, 0.05) is 9.75 Å². The number of nitrogens with zero attached hydrogens (tertiary/aromatic N) is 1. The Morgan fingerprint density at radius 3 is 2.72 bits per heavy atom. The fourth-order valence-electron chi connectivity index (χ4n) is 4.09. The van der Waals surface area contributed by atoms with Gasteiger partial charge in [-0.25, -0.2) is 0 Å². The molecule has 0 saturated heterocycles. The van der Waals surface area contributed by atoms with E-state index < -0.39 is 11.0 Å². The van der Waals surface area contributed by atoms with E-state index in [2.05, 4.69) is 6.07 Å². The topological polar surface area (TPSA) is 44.0 Å². The molecule has 18 heavy (non-hydrogen) atoms. The molecule has 2 aliphatic rings. The zero-order valence-electron chi connectivity index (χ0n) is 10.9. The number of fused-ring (bicyclic) bond motifs is 2. The summed E-state index contributed by atoms with van der Waals surface area (Å²) in [6, 6.07) is 6.54. The van der Waals surface area contributed by atoms with Crippen molar-refractivity contribution < 1.29 is 5.11 Å². The Balaban J connectivity index is 2.04. The average Bonchev–Trinajstić information content (AvgIpc) is 3.02. The van der Waals surface area contributed by atoms with Gasteiger partial charge in [0.15, 0.2) is 0 Å². The number of nitriles is 1. The lowest BCUT2D eigenvalue weighted by atomic mass is 9.63. The molecular formula is C15H19NOS. The van der Waals surface area contributed by atoms with Crippen LogP contribution in [-0.4, -0.2) is 5.11 Å². The number of aryl methyl sites for hydroxylation is 1. The highest BCUT2D eigenvalue weighted by atomic mass is 32.1. The van der Waals surface area contributed by atoms with Crippen LogP contribution in [0.2, 0.25) is 0 Å². The summed E-state index contributed by atoms with van der Waals surface area (Å²) in [5.41, 5.74) is -1.56. The van der Waals surface area contributed by atoms with Crippen LogP contribution in [0.4, 0.5) is 0 Å². The van der Waals surface area contributed by atoms with E-state index in [1.807, 2.05) is 26.0 Å². The predicted octanol–water partition coefficient (Wildman–Crippen LogP) is 3.59. The van der Waals surface area contributed by atoms with E-state index in [0.717, 1.165) is 24.1 Å². The van der Waals surface area contributed by atoms with E-state index in [4.69, 9.17) is 0 Å². The molecule has 1 heterocycles. The Hall–Kier alpha value is -0.850. The van der Waals surface area contributed by atoms with Crippen LogP contribution in [0.25, 0.3) is 0 Å². The van der Waals surface area contributed by atoms with Gasteiger partial charge in [-0.05, 0) is 57.1 Å². The fourth-order valence-corrected chi connectivity index (χ4v) is 5.09. The normalized spacial score (nSPS) is 37.4. The predicted molar refractivity (Wildman–Crippen MR) is 72.1 cm³/mol. The third kappa shape index (κ3) is 1.42. The van der Waals surface area contributed by atoms with Gasteiger partial charge in [0.05, 0.1) is 11.5 Å². The molecule has 4 unspecified atom stereocenters. The molecule has 0 spiro atoms. The maximum absolute atomic E-state index is 11.1. The molecular weight excluding hydrogens is 242 g/mol. The van der Waals surface area contributed by atoms with Gasteiger partial charge in [-0.15, -0.1) is 11.3 Å². The van der Waals surface area contributed by atoms with Gasteiger partial charge in [-0.1, -0.05) is 6.42 Å². The summed E-state index contributed by atoms with van der Waals surface area (Å²) in [6.07, 6.45) is 4.36. The standard InChI is InChI=1S/C15H19NOS/c1-10-3-6-13(18-10)14(2,17)15(9-16)8-11-4-5-12(15)7-11/h3,6,11-12,17H,4-5,7-8H2,1-2H3. The van der Waals surface area contributed by atoms with Crippen LogP contribution in [0.1, 0.15) is 42.4 Å². The van der Waals surface area contributed by atoms with Crippen LogP contribution in [0.3, 0.4) is 0 Å². The molecule has 2 nitrogen and oxygen atoms in total. The summed E-state index contributed by atoms with van der Waals surface area (Å²) in [5.74, 6) is 1.03. The maximum atomic E-state index is 11.1. The van der Waals surface area contributed by atoms with E-state index in [-0.39, 0.29) is 0 Å². The third-order valence-electron chi connectivity index (χ3n) is 5.14. The molecule has 2 fully saturated rings. The van der Waals surface area contributed by atoms with E-state index >= 15 is 0 Å². The lowest BCUT2D eigenvalue weighted by molar-refractivity contribution is -0.0706. The molecule has 1 aromatic heterocycles. The first-order valence-electron chi connectivity index (χ1n) is 6.70. The first-order valence-corrected chi connectivity index (χ1v) is 7.52. The fraction of sp³-hybridized carbons (Fsp3) is 0.667. The molecule has 3 rings (SSSR count). The van der Waals surface area contributed by atoms with Gasteiger partial charge < -0.3 is 5.11 Å². The molecule has 2 aliphatic carbocycles. The van der Waals surface area contributed by atoms with E-state index in [1.165, 1.54) is 11.3 Å². The van der Waals surface area contributed by atoms with Crippen LogP contribution in [0.5, 0.6) is 0 Å². The lowest BCUT2D eigenvalue weighted by Crippen LogP contribution is -2.45. The van der Waals surface area contributed by atoms with E-state index in [0.29, 0.717) is 11.8 Å². The zero-order chi connectivity index (χ0) is 13.0. The van der Waals surface area contributed by atoms with E-state index in [1.54, 1.807) is 11.3 Å². The van der Waals surface area contributed by atoms with Crippen LogP contribution in [-0.2, 0) is 5.60 Å². The summed E-state index contributed by atoms with van der Waals surface area (Å²) in [6.45, 7) is 3.90. The van der Waals surface area contributed by atoms with Crippen molar-refractivity contribution in [2.45, 2.75) is 45.1 Å². The summed E-state index contributed by atoms with van der Waals surface area (Å²) in [4.78, 5) is 2.15. The molecule has 2 saturated carbocycles. The second-order valence-electron chi connectivity index (χ2n) is 6.15. The maximum Gasteiger partial charge on any atom is 0.115 e. The van der Waals surface area contributed by atoms with Gasteiger partial charge >= 0.3 is 0 Å². The number of hydrogen-bond acceptors (Lipinski definition) is 3. The minimum Gasteiger partial charge on any atom is -0.383 e. The minimum atomic E-state index is -0.999. The smallest absolute Gasteiger partial charge is 0.115 e. The number of hydrogen-bond donors (Lipinski definition) is 1. The third-order valence-corrected chi connectivity index (χ3v) is 6.35. The van der Waals surface area contributed by atoms with Crippen molar-refractivity contribution in [1.82, 2.24) is 0 Å². The molecule has 4 atom stereocenters. The van der Waals surface area contributed by atoms with Crippen molar-refractivity contribution in [2.24, 2.45) is 17.3 Å². The number of aliphatic hydroxyl groups is 1. The van der Waals surface area contributed by atoms with Crippen molar-refractivity contribution in [3.05, 3.63) is 21.9 Å². The van der Waals surface area contributed by atoms with Gasteiger partial charge in [0.2, 0.25) is 0 Å². The first kappa shape index (κ1) is 12.2. The lowest BCUT2D eigenvalue weighted by Gasteiger charge is -2.42. The Bertz CT molecular complexity index is 513. The van der Waals surface area contributed by atoms with Gasteiger partial charge in [-0.3, -0.25) is 0 Å². The molecule has 1 aromatic rings. The summed E-state index contributed by atoms with van der Waals surface area (Å²) >= 11 is 1.62. The minimum absolute atomic E-state index is 0.380.